The molecule has 0 spiro atoms. The quantitative estimate of drug-likeness (QED) is 0.258. The van der Waals surface area contributed by atoms with Crippen molar-refractivity contribution in [3.63, 3.8) is 0 Å². The number of unbranched alkanes of at least 4 members (excludes halogenated alkanes) is 6. The summed E-state index contributed by atoms with van der Waals surface area (Å²) in [6.07, 6.45) is 13.1. The Balaban J connectivity index is 2.29. The molecule has 0 heterocycles. The number of rotatable bonds is 11. The average Bonchev–Trinajstić information content (AvgIpc) is 2.49. The third kappa shape index (κ3) is 7.74. The van der Waals surface area contributed by atoms with Gasteiger partial charge in [0.2, 0.25) is 0 Å². The third-order valence-electron chi connectivity index (χ3n) is 3.84. The molecule has 3 nitrogen and oxygen atoms in total. The van der Waals surface area contributed by atoms with Crippen molar-refractivity contribution in [3.05, 3.63) is 29.3 Å². The second-order valence-corrected chi connectivity index (χ2v) is 5.67. The van der Waals surface area contributed by atoms with Crippen molar-refractivity contribution in [2.75, 3.05) is 0 Å². The van der Waals surface area contributed by atoms with Gasteiger partial charge in [0.1, 0.15) is 5.75 Å². The lowest BCUT2D eigenvalue weighted by Gasteiger charge is -2.07. The molecule has 0 aliphatic heterocycles. The molecule has 0 atom stereocenters. The number of oxime groups is 1. The van der Waals surface area contributed by atoms with E-state index >= 15 is 0 Å². The van der Waals surface area contributed by atoms with Crippen molar-refractivity contribution in [1.82, 2.24) is 0 Å². The summed E-state index contributed by atoms with van der Waals surface area (Å²) < 4.78 is 0. The molecule has 0 bridgehead atoms. The Hall–Kier alpha value is -1.51. The molecule has 2 N–H and O–H groups in total. The van der Waals surface area contributed by atoms with E-state index in [2.05, 4.69) is 18.1 Å². The van der Waals surface area contributed by atoms with Crippen molar-refractivity contribution in [2.24, 2.45) is 5.16 Å². The lowest BCUT2D eigenvalue weighted by atomic mass is 10.0. The fraction of sp³-hybridized carbons (Fsp3) is 0.611. The number of aromatic hydroxyl groups is 1. The molecule has 1 aromatic rings. The number of phenolic OH excluding ortho intramolecular Hbond substituents is 1. The zero-order valence-electron chi connectivity index (χ0n) is 13.2. The van der Waals surface area contributed by atoms with E-state index in [0.29, 0.717) is 18.6 Å². The lowest BCUT2D eigenvalue weighted by Crippen LogP contribution is -1.92. The minimum absolute atomic E-state index is 0.338. The van der Waals surface area contributed by atoms with E-state index in [-0.39, 0.29) is 0 Å². The van der Waals surface area contributed by atoms with Crippen LogP contribution in [0.3, 0.4) is 0 Å². The summed E-state index contributed by atoms with van der Waals surface area (Å²) in [6.45, 7) is 2.24. The van der Waals surface area contributed by atoms with E-state index in [0.717, 1.165) is 12.0 Å². The molecule has 0 amide bonds. The molecular weight excluding hydrogens is 262 g/mol. The van der Waals surface area contributed by atoms with Crippen molar-refractivity contribution < 1.29 is 10.3 Å². The lowest BCUT2D eigenvalue weighted by molar-refractivity contribution is 0.320. The summed E-state index contributed by atoms with van der Waals surface area (Å²) in [6, 6.07) is 5.87. The van der Waals surface area contributed by atoms with E-state index in [1.165, 1.54) is 56.7 Å². The van der Waals surface area contributed by atoms with Crippen LogP contribution in [0.1, 0.15) is 69.4 Å². The topological polar surface area (TPSA) is 52.8 Å². The van der Waals surface area contributed by atoms with Crippen LogP contribution in [-0.4, -0.2) is 16.5 Å². The first kappa shape index (κ1) is 17.5. The molecule has 1 aromatic carbocycles. The maximum absolute atomic E-state index is 9.82. The fourth-order valence-corrected chi connectivity index (χ4v) is 2.56. The van der Waals surface area contributed by atoms with Gasteiger partial charge in [-0.05, 0) is 42.9 Å². The SMILES string of the molecule is CCCCCCCCCc1ccc(O)c(CCC=NO)c1. The van der Waals surface area contributed by atoms with E-state index in [4.69, 9.17) is 5.21 Å². The largest absolute Gasteiger partial charge is 0.508 e. The second kappa shape index (κ2) is 11.2. The number of aryl methyl sites for hydroxylation is 2. The first-order valence-corrected chi connectivity index (χ1v) is 8.24. The highest BCUT2D eigenvalue weighted by atomic mass is 16.4. The Bertz CT molecular complexity index is 416. The highest BCUT2D eigenvalue weighted by Crippen LogP contribution is 2.21. The van der Waals surface area contributed by atoms with Gasteiger partial charge in [0.25, 0.3) is 0 Å². The molecule has 118 valence electrons. The average molecular weight is 291 g/mol. The van der Waals surface area contributed by atoms with Crippen LogP contribution in [0.5, 0.6) is 5.75 Å². The summed E-state index contributed by atoms with van der Waals surface area (Å²) in [4.78, 5) is 0. The zero-order valence-corrected chi connectivity index (χ0v) is 13.2. The van der Waals surface area contributed by atoms with Crippen LogP contribution in [0.15, 0.2) is 23.4 Å². The Labute approximate surface area is 128 Å². The number of nitrogens with zero attached hydrogens (tertiary/aromatic N) is 1. The van der Waals surface area contributed by atoms with Gasteiger partial charge in [-0.2, -0.15) is 0 Å². The molecule has 3 heteroatoms. The van der Waals surface area contributed by atoms with Gasteiger partial charge in [0.15, 0.2) is 0 Å². The van der Waals surface area contributed by atoms with E-state index < -0.39 is 0 Å². The van der Waals surface area contributed by atoms with Gasteiger partial charge in [0.05, 0.1) is 0 Å². The van der Waals surface area contributed by atoms with Gasteiger partial charge in [-0.15, -0.1) is 5.16 Å². The first-order chi connectivity index (χ1) is 10.3. The van der Waals surface area contributed by atoms with Gasteiger partial charge >= 0.3 is 0 Å². The molecule has 0 aliphatic rings. The predicted octanol–water partition coefficient (Wildman–Crippen LogP) is 5.08. The van der Waals surface area contributed by atoms with Crippen molar-refractivity contribution in [3.8, 4) is 5.75 Å². The molecule has 0 fully saturated rings. The van der Waals surface area contributed by atoms with Crippen LogP contribution in [0, 0.1) is 0 Å². The Morgan fingerprint density at radius 3 is 2.43 bits per heavy atom. The van der Waals surface area contributed by atoms with Crippen LogP contribution in [0.2, 0.25) is 0 Å². The van der Waals surface area contributed by atoms with Crippen LogP contribution >= 0.6 is 0 Å². The standard InChI is InChI=1S/C18H29NO2/c1-2-3-4-5-6-7-8-10-16-12-13-18(20)17(15-16)11-9-14-19-21/h12-15,20-21H,2-11H2,1H3. The summed E-state index contributed by atoms with van der Waals surface area (Å²) in [7, 11) is 0. The van der Waals surface area contributed by atoms with E-state index in [1.54, 1.807) is 6.07 Å². The first-order valence-electron chi connectivity index (χ1n) is 8.24. The smallest absolute Gasteiger partial charge is 0.118 e. The minimum Gasteiger partial charge on any atom is -0.508 e. The van der Waals surface area contributed by atoms with E-state index in [1.807, 2.05) is 6.07 Å². The summed E-state index contributed by atoms with van der Waals surface area (Å²) in [5.74, 6) is 0.338. The number of benzene rings is 1. The van der Waals surface area contributed by atoms with Crippen LogP contribution in [0.4, 0.5) is 0 Å². The molecule has 0 aliphatic carbocycles. The highest BCUT2D eigenvalue weighted by molar-refractivity contribution is 5.57. The summed E-state index contributed by atoms with van der Waals surface area (Å²) in [5.41, 5.74) is 2.23. The molecule has 0 unspecified atom stereocenters. The molecule has 1 rings (SSSR count). The van der Waals surface area contributed by atoms with Crippen LogP contribution in [-0.2, 0) is 12.8 Å². The third-order valence-corrected chi connectivity index (χ3v) is 3.84. The molecule has 21 heavy (non-hydrogen) atoms. The highest BCUT2D eigenvalue weighted by Gasteiger charge is 2.03. The normalized spacial score (nSPS) is 11.3. The van der Waals surface area contributed by atoms with Gasteiger partial charge in [-0.3, -0.25) is 0 Å². The number of phenols is 1. The van der Waals surface area contributed by atoms with Gasteiger partial charge in [-0.1, -0.05) is 57.6 Å². The minimum atomic E-state index is 0.338. The van der Waals surface area contributed by atoms with Gasteiger partial charge < -0.3 is 10.3 Å². The second-order valence-electron chi connectivity index (χ2n) is 5.67. The van der Waals surface area contributed by atoms with Gasteiger partial charge in [0, 0.05) is 6.21 Å². The Morgan fingerprint density at radius 1 is 1.00 bits per heavy atom. The predicted molar refractivity (Wildman–Crippen MR) is 88.4 cm³/mol. The van der Waals surface area contributed by atoms with Crippen LogP contribution in [0.25, 0.3) is 0 Å². The number of hydrogen-bond acceptors (Lipinski definition) is 3. The number of hydrogen-bond donors (Lipinski definition) is 2. The molecular formula is C18H29NO2. The molecule has 0 aromatic heterocycles. The summed E-state index contributed by atoms with van der Waals surface area (Å²) in [5, 5.41) is 21.2. The molecule has 0 saturated carbocycles. The maximum atomic E-state index is 9.82. The monoisotopic (exact) mass is 291 g/mol. The maximum Gasteiger partial charge on any atom is 0.118 e. The van der Waals surface area contributed by atoms with Crippen molar-refractivity contribution in [1.29, 1.82) is 0 Å². The van der Waals surface area contributed by atoms with Crippen LogP contribution < -0.4 is 0 Å². The van der Waals surface area contributed by atoms with Crippen molar-refractivity contribution >= 4 is 6.21 Å². The van der Waals surface area contributed by atoms with Crippen molar-refractivity contribution in [2.45, 2.75) is 71.1 Å². The Kier molecular flexibility index (Phi) is 9.34. The van der Waals surface area contributed by atoms with Gasteiger partial charge in [-0.25, -0.2) is 0 Å². The van der Waals surface area contributed by atoms with E-state index in [9.17, 15) is 5.11 Å². The fourth-order valence-electron chi connectivity index (χ4n) is 2.56. The zero-order chi connectivity index (χ0) is 15.3. The molecule has 0 radical (unpaired) electrons. The summed E-state index contributed by atoms with van der Waals surface area (Å²) >= 11 is 0. The molecule has 0 saturated heterocycles. The Morgan fingerprint density at radius 2 is 1.71 bits per heavy atom.